The number of nitrogens with zero attached hydrogens (tertiary/aromatic N) is 7. The van der Waals surface area contributed by atoms with Gasteiger partial charge in [-0.1, -0.05) is 0 Å². The molecule has 0 amide bonds. The number of hydrogen-bond acceptors (Lipinski definition) is 9. The summed E-state index contributed by atoms with van der Waals surface area (Å²) in [6.45, 7) is 1.76. The maximum Gasteiger partial charge on any atom is 0.227 e. The second-order valence-corrected chi connectivity index (χ2v) is 8.13. The van der Waals surface area contributed by atoms with E-state index in [1.54, 1.807) is 30.4 Å². The van der Waals surface area contributed by atoms with Gasteiger partial charge in [-0.3, -0.25) is 4.68 Å². The molecule has 3 heterocycles. The number of hydrogen-bond donors (Lipinski definition) is 2. The largest absolute Gasteiger partial charge is 0.494 e. The van der Waals surface area contributed by atoms with Crippen molar-refractivity contribution in [3.05, 3.63) is 42.9 Å². The minimum Gasteiger partial charge on any atom is -0.494 e. The van der Waals surface area contributed by atoms with Gasteiger partial charge in [0.15, 0.2) is 5.65 Å². The number of benzene rings is 1. The van der Waals surface area contributed by atoms with E-state index in [1.165, 1.54) is 0 Å². The van der Waals surface area contributed by atoms with Crippen molar-refractivity contribution in [2.24, 2.45) is 7.05 Å². The van der Waals surface area contributed by atoms with Gasteiger partial charge in [-0.05, 0) is 32.3 Å². The molecule has 3 N–H and O–H groups in total. The minimum atomic E-state index is 0.435. The third kappa shape index (κ3) is 4.80. The van der Waals surface area contributed by atoms with Crippen LogP contribution in [0.4, 0.5) is 23.0 Å². The zero-order valence-corrected chi connectivity index (χ0v) is 19.6. The van der Waals surface area contributed by atoms with Crippen LogP contribution < -0.4 is 20.7 Å². The van der Waals surface area contributed by atoms with E-state index in [4.69, 9.17) is 10.5 Å². The van der Waals surface area contributed by atoms with E-state index < -0.39 is 0 Å². The molecule has 3 aromatic heterocycles. The lowest BCUT2D eigenvalue weighted by Gasteiger charge is -2.24. The maximum atomic E-state index is 6.37. The van der Waals surface area contributed by atoms with Gasteiger partial charge >= 0.3 is 0 Å². The van der Waals surface area contributed by atoms with E-state index in [-0.39, 0.29) is 0 Å². The molecule has 0 saturated carbocycles. The number of nitrogens with two attached hydrogens (primary N) is 1. The van der Waals surface area contributed by atoms with Gasteiger partial charge < -0.3 is 25.6 Å². The Kier molecular flexibility index (Phi) is 6.27. The summed E-state index contributed by atoms with van der Waals surface area (Å²) in [4.78, 5) is 17.8. The summed E-state index contributed by atoms with van der Waals surface area (Å²) in [6.07, 6.45) is 5.28. The number of methoxy groups -OCH3 is 1. The molecule has 0 fully saturated rings. The standard InChI is InChI=1S/C23H29N9O/c1-30(2)8-9-31(3)20-12-21(33-5)19(11-17(20)24)29-23-25-7-6-18(28-23)15-10-16-14-27-32(4)22(16)26-13-15/h6-7,10-14H,8-9,24H2,1-5H3,(H,25,28,29). The first-order valence-corrected chi connectivity index (χ1v) is 10.6. The van der Waals surface area contributed by atoms with E-state index in [1.807, 2.05) is 52.5 Å². The molecule has 4 aromatic rings. The third-order valence-electron chi connectivity index (χ3n) is 5.41. The second-order valence-electron chi connectivity index (χ2n) is 8.13. The van der Waals surface area contributed by atoms with Crippen molar-refractivity contribution in [2.75, 3.05) is 57.3 Å². The normalized spacial score (nSPS) is 11.2. The van der Waals surface area contributed by atoms with Crippen molar-refractivity contribution < 1.29 is 4.74 Å². The maximum absolute atomic E-state index is 6.37. The number of anilines is 4. The first-order chi connectivity index (χ1) is 15.9. The van der Waals surface area contributed by atoms with Crippen molar-refractivity contribution in [3.8, 4) is 17.0 Å². The van der Waals surface area contributed by atoms with E-state index in [0.717, 1.165) is 41.1 Å². The molecule has 1 aromatic carbocycles. The molecule has 4 rings (SSSR count). The Morgan fingerprint density at radius 3 is 2.67 bits per heavy atom. The quantitative estimate of drug-likeness (QED) is 0.394. The number of likely N-dealkylation sites (N-methyl/N-ethyl adjacent to an activating group) is 2. The van der Waals surface area contributed by atoms with Crippen LogP contribution in [-0.2, 0) is 7.05 Å². The molecule has 0 aliphatic heterocycles. The molecule has 10 nitrogen and oxygen atoms in total. The molecular weight excluding hydrogens is 418 g/mol. The first kappa shape index (κ1) is 22.3. The van der Waals surface area contributed by atoms with E-state index in [0.29, 0.717) is 23.1 Å². The number of fused-ring (bicyclic) bond motifs is 1. The van der Waals surface area contributed by atoms with Gasteiger partial charge in [-0.2, -0.15) is 5.10 Å². The predicted octanol–water partition coefficient (Wildman–Crippen LogP) is 2.76. The highest BCUT2D eigenvalue weighted by atomic mass is 16.5. The lowest BCUT2D eigenvalue weighted by atomic mass is 10.2. The van der Waals surface area contributed by atoms with E-state index >= 15 is 0 Å². The molecule has 0 bridgehead atoms. The molecule has 0 unspecified atom stereocenters. The highest BCUT2D eigenvalue weighted by Crippen LogP contribution is 2.36. The minimum absolute atomic E-state index is 0.435. The molecule has 172 valence electrons. The van der Waals surface area contributed by atoms with Gasteiger partial charge in [0.1, 0.15) is 5.75 Å². The van der Waals surface area contributed by atoms with Crippen LogP contribution in [0.1, 0.15) is 0 Å². The van der Waals surface area contributed by atoms with Crippen molar-refractivity contribution in [2.45, 2.75) is 0 Å². The Balaban J connectivity index is 1.60. The van der Waals surface area contributed by atoms with Crippen LogP contribution in [0.2, 0.25) is 0 Å². The number of aryl methyl sites for hydroxylation is 1. The van der Waals surface area contributed by atoms with E-state index in [2.05, 4.69) is 35.2 Å². The van der Waals surface area contributed by atoms with Crippen molar-refractivity contribution in [1.82, 2.24) is 29.6 Å². The summed E-state index contributed by atoms with van der Waals surface area (Å²) in [6, 6.07) is 7.63. The van der Waals surface area contributed by atoms with Gasteiger partial charge in [0.05, 0.1) is 36.1 Å². The van der Waals surface area contributed by atoms with Crippen LogP contribution in [0, 0.1) is 0 Å². The Bertz CT molecular complexity index is 1270. The summed E-state index contributed by atoms with van der Waals surface area (Å²) < 4.78 is 7.36. The van der Waals surface area contributed by atoms with Crippen molar-refractivity contribution in [3.63, 3.8) is 0 Å². The fourth-order valence-electron chi connectivity index (χ4n) is 3.54. The van der Waals surface area contributed by atoms with E-state index in [9.17, 15) is 0 Å². The fraction of sp³-hybridized carbons (Fsp3) is 0.304. The smallest absolute Gasteiger partial charge is 0.227 e. The molecule has 0 spiro atoms. The summed E-state index contributed by atoms with van der Waals surface area (Å²) >= 11 is 0. The molecule has 0 radical (unpaired) electrons. The lowest BCUT2D eigenvalue weighted by Crippen LogP contribution is -2.29. The number of ether oxygens (including phenoxy) is 1. The molecular formula is C23H29N9O. The molecule has 33 heavy (non-hydrogen) atoms. The van der Waals surface area contributed by atoms with Crippen LogP contribution in [0.15, 0.2) is 42.9 Å². The average molecular weight is 448 g/mol. The Morgan fingerprint density at radius 2 is 1.91 bits per heavy atom. The van der Waals surface area contributed by atoms with Gasteiger partial charge in [0.2, 0.25) is 5.95 Å². The fourth-order valence-corrected chi connectivity index (χ4v) is 3.54. The number of nitrogen functional groups attached to an aromatic ring is 1. The first-order valence-electron chi connectivity index (χ1n) is 10.6. The summed E-state index contributed by atoms with van der Waals surface area (Å²) in [5.74, 6) is 1.09. The molecule has 0 aliphatic rings. The predicted molar refractivity (Wildman–Crippen MR) is 132 cm³/mol. The summed E-state index contributed by atoms with van der Waals surface area (Å²) in [5, 5.41) is 8.44. The SMILES string of the molecule is COc1cc(N(C)CCN(C)C)c(N)cc1Nc1nccc(-c2cnc3c(cnn3C)c2)n1. The highest BCUT2D eigenvalue weighted by molar-refractivity contribution is 5.81. The van der Waals surface area contributed by atoms with Gasteiger partial charge in [-0.25, -0.2) is 15.0 Å². The summed E-state index contributed by atoms with van der Waals surface area (Å²) in [5.41, 5.74) is 11.1. The summed E-state index contributed by atoms with van der Waals surface area (Å²) in [7, 11) is 9.60. The lowest BCUT2D eigenvalue weighted by molar-refractivity contribution is 0.413. The average Bonchev–Trinajstić information content (AvgIpc) is 3.18. The van der Waals surface area contributed by atoms with Crippen LogP contribution >= 0.6 is 0 Å². The van der Waals surface area contributed by atoms with Gasteiger partial charge in [0, 0.05) is 56.6 Å². The second kappa shape index (κ2) is 9.29. The van der Waals surface area contributed by atoms with Crippen LogP contribution in [0.5, 0.6) is 5.75 Å². The molecule has 10 heteroatoms. The van der Waals surface area contributed by atoms with Crippen molar-refractivity contribution >= 4 is 34.0 Å². The zero-order valence-electron chi connectivity index (χ0n) is 19.6. The van der Waals surface area contributed by atoms with Crippen LogP contribution in [-0.4, -0.2) is 71.0 Å². The topological polar surface area (TPSA) is 110 Å². The number of pyridine rings is 1. The highest BCUT2D eigenvalue weighted by Gasteiger charge is 2.14. The van der Waals surface area contributed by atoms with Crippen LogP contribution in [0.3, 0.4) is 0 Å². The molecule has 0 saturated heterocycles. The monoisotopic (exact) mass is 447 g/mol. The Hall–Kier alpha value is -3.92. The van der Waals surface area contributed by atoms with Crippen LogP contribution in [0.25, 0.3) is 22.3 Å². The van der Waals surface area contributed by atoms with Gasteiger partial charge in [-0.15, -0.1) is 0 Å². The number of aromatic nitrogens is 5. The third-order valence-corrected chi connectivity index (χ3v) is 5.41. The molecule has 0 aliphatic carbocycles. The zero-order chi connectivity index (χ0) is 23.5. The number of rotatable bonds is 8. The van der Waals surface area contributed by atoms with Crippen molar-refractivity contribution in [1.29, 1.82) is 0 Å². The molecule has 0 atom stereocenters. The van der Waals surface area contributed by atoms with Gasteiger partial charge in [0.25, 0.3) is 0 Å². The number of nitrogens with one attached hydrogen (secondary N) is 1. The Labute approximate surface area is 193 Å². The Morgan fingerprint density at radius 1 is 1.09 bits per heavy atom.